The summed E-state index contributed by atoms with van der Waals surface area (Å²) in [6.45, 7) is 4.68. The predicted octanol–water partition coefficient (Wildman–Crippen LogP) is 5.58. The summed E-state index contributed by atoms with van der Waals surface area (Å²) < 4.78 is 13.4. The Labute approximate surface area is 174 Å². The third-order valence-electron chi connectivity index (χ3n) is 4.33. The van der Waals surface area contributed by atoms with Gasteiger partial charge < -0.3 is 4.90 Å². The zero-order chi connectivity index (χ0) is 19.8. The van der Waals surface area contributed by atoms with Crippen molar-refractivity contribution in [2.45, 2.75) is 13.3 Å². The van der Waals surface area contributed by atoms with E-state index >= 15 is 0 Å². The molecule has 3 rings (SSSR count). The van der Waals surface area contributed by atoms with Crippen LogP contribution < -0.4 is 9.47 Å². The third-order valence-corrected chi connectivity index (χ3v) is 5.84. The average molecular weight is 418 g/mol. The number of hydrogen-bond acceptors (Lipinski definition) is 7. The van der Waals surface area contributed by atoms with Crippen LogP contribution in [0.15, 0.2) is 58.8 Å². The van der Waals surface area contributed by atoms with Crippen LogP contribution in [0, 0.1) is 0 Å². The maximum Gasteiger partial charge on any atom is 0.409 e. The molecule has 0 amide bonds. The van der Waals surface area contributed by atoms with Crippen LogP contribution in [0.5, 0.6) is 0 Å². The number of aryl methyl sites for hydroxylation is 1. The highest BCUT2D eigenvalue weighted by molar-refractivity contribution is 7.89. The van der Waals surface area contributed by atoms with Gasteiger partial charge in [0, 0.05) is 18.8 Å². The molecule has 0 radical (unpaired) electrons. The summed E-state index contributed by atoms with van der Waals surface area (Å²) in [6, 6.07) is 16.5. The van der Waals surface area contributed by atoms with E-state index in [0.29, 0.717) is 6.61 Å². The van der Waals surface area contributed by atoms with Crippen LogP contribution in [0.1, 0.15) is 13.3 Å². The smallest absolute Gasteiger partial charge is 0.372 e. The van der Waals surface area contributed by atoms with Crippen molar-refractivity contribution in [2.24, 2.45) is 17.3 Å². The summed E-state index contributed by atoms with van der Waals surface area (Å²) in [5.41, 5.74) is 3.19. The maximum absolute atomic E-state index is 5.28. The first-order chi connectivity index (χ1) is 13.7. The molecule has 2 aromatic carbocycles. The SMILES string of the molecule is CCN(CCCOSOC)c1ccc(N=Nc2sc3ccccc3[n+]2C)cc1. The van der Waals surface area contributed by atoms with Crippen molar-refractivity contribution in [1.82, 2.24) is 0 Å². The van der Waals surface area contributed by atoms with E-state index in [4.69, 9.17) is 8.37 Å². The summed E-state index contributed by atoms with van der Waals surface area (Å²) in [5.74, 6) is 0. The van der Waals surface area contributed by atoms with Gasteiger partial charge in [-0.1, -0.05) is 12.1 Å². The van der Waals surface area contributed by atoms with Gasteiger partial charge in [0.05, 0.1) is 30.6 Å². The van der Waals surface area contributed by atoms with Crippen molar-refractivity contribution in [1.29, 1.82) is 0 Å². The Bertz CT molecular complexity index is 912. The number of aromatic nitrogens is 1. The highest BCUT2D eigenvalue weighted by Gasteiger charge is 2.15. The van der Waals surface area contributed by atoms with E-state index < -0.39 is 0 Å². The zero-order valence-corrected chi connectivity index (χ0v) is 18.0. The van der Waals surface area contributed by atoms with E-state index in [1.807, 2.05) is 31.3 Å². The molecule has 28 heavy (non-hydrogen) atoms. The Balaban J connectivity index is 1.62. The molecule has 3 aromatic rings. The Morgan fingerprint density at radius 3 is 2.61 bits per heavy atom. The lowest BCUT2D eigenvalue weighted by Gasteiger charge is -2.22. The minimum absolute atomic E-state index is 0.660. The number of benzene rings is 2. The fraction of sp³-hybridized carbons (Fsp3) is 0.350. The van der Waals surface area contributed by atoms with Crippen LogP contribution in [-0.2, 0) is 15.4 Å². The van der Waals surface area contributed by atoms with Gasteiger partial charge in [-0.25, -0.2) is 4.57 Å². The molecule has 1 heterocycles. The summed E-state index contributed by atoms with van der Waals surface area (Å²) >= 11 is 2.67. The van der Waals surface area contributed by atoms with Gasteiger partial charge in [0.1, 0.15) is 11.2 Å². The Hall–Kier alpha value is -2.00. The molecule has 0 atom stereocenters. The minimum Gasteiger partial charge on any atom is -0.372 e. The molecule has 8 heteroatoms. The van der Waals surface area contributed by atoms with Crippen molar-refractivity contribution < 1.29 is 12.9 Å². The van der Waals surface area contributed by atoms with Crippen LogP contribution in [-0.4, -0.2) is 26.8 Å². The van der Waals surface area contributed by atoms with Gasteiger partial charge in [-0.05, 0) is 66.2 Å². The average Bonchev–Trinajstić information content (AvgIpc) is 3.06. The lowest BCUT2D eigenvalue weighted by atomic mass is 10.2. The molecule has 0 fully saturated rings. The molecular weight excluding hydrogens is 392 g/mol. The molecule has 0 unspecified atom stereocenters. The normalized spacial score (nSPS) is 11.5. The van der Waals surface area contributed by atoms with Gasteiger partial charge in [0.15, 0.2) is 12.3 Å². The van der Waals surface area contributed by atoms with Crippen molar-refractivity contribution in [2.75, 3.05) is 31.7 Å². The molecule has 1 aromatic heterocycles. The van der Waals surface area contributed by atoms with Crippen molar-refractivity contribution in [3.05, 3.63) is 48.5 Å². The van der Waals surface area contributed by atoms with Gasteiger partial charge in [-0.2, -0.15) is 0 Å². The van der Waals surface area contributed by atoms with Crippen LogP contribution in [0.3, 0.4) is 0 Å². The first-order valence-corrected chi connectivity index (χ1v) is 10.7. The van der Waals surface area contributed by atoms with Gasteiger partial charge in [-0.15, -0.1) is 0 Å². The second-order valence-electron chi connectivity index (χ2n) is 6.12. The Kier molecular flexibility index (Phi) is 7.79. The quantitative estimate of drug-likeness (QED) is 0.187. The summed E-state index contributed by atoms with van der Waals surface area (Å²) in [7, 11) is 3.62. The first kappa shape index (κ1) is 20.7. The molecule has 6 nitrogen and oxygen atoms in total. The molecular formula is C20H25N4O2S2+. The highest BCUT2D eigenvalue weighted by Crippen LogP contribution is 2.27. The van der Waals surface area contributed by atoms with Crippen LogP contribution >= 0.6 is 23.7 Å². The number of rotatable bonds is 10. The topological polar surface area (TPSA) is 50.3 Å². The number of nitrogens with zero attached hydrogens (tertiary/aromatic N) is 4. The number of para-hydroxylation sites is 1. The van der Waals surface area contributed by atoms with E-state index in [1.54, 1.807) is 18.4 Å². The largest absolute Gasteiger partial charge is 0.409 e. The molecule has 0 spiro atoms. The van der Waals surface area contributed by atoms with E-state index in [-0.39, 0.29) is 0 Å². The standard InChI is InChI=1S/C20H25N4O2S2/c1-4-24(14-7-15-26-28-25-3)17-12-10-16(11-13-17)21-22-20-23(2)18-8-5-6-9-19(18)27-20/h5-6,8-13H,4,7,14-15H2,1-3H3/q+1. The Morgan fingerprint density at radius 1 is 1.11 bits per heavy atom. The molecule has 0 bridgehead atoms. The molecule has 0 aliphatic heterocycles. The van der Waals surface area contributed by atoms with Gasteiger partial charge in [0.2, 0.25) is 0 Å². The fourth-order valence-corrected chi connectivity index (χ4v) is 4.13. The summed E-state index contributed by atoms with van der Waals surface area (Å²) in [5, 5.41) is 9.75. The number of azo groups is 1. The van der Waals surface area contributed by atoms with E-state index in [0.717, 1.165) is 42.7 Å². The molecule has 0 aliphatic rings. The predicted molar refractivity (Wildman–Crippen MR) is 117 cm³/mol. The molecule has 0 saturated carbocycles. The summed E-state index contributed by atoms with van der Waals surface area (Å²) in [6.07, 6.45) is 0.939. The third kappa shape index (κ3) is 5.29. The van der Waals surface area contributed by atoms with Crippen LogP contribution in [0.25, 0.3) is 10.2 Å². The molecule has 0 N–H and O–H groups in total. The maximum atomic E-state index is 5.28. The molecule has 0 saturated heterocycles. The first-order valence-electron chi connectivity index (χ1n) is 9.19. The lowest BCUT2D eigenvalue weighted by Crippen LogP contribution is -2.25. The number of thiazole rings is 1. The van der Waals surface area contributed by atoms with E-state index in [9.17, 15) is 0 Å². The number of fused-ring (bicyclic) bond motifs is 1. The Morgan fingerprint density at radius 2 is 1.89 bits per heavy atom. The monoisotopic (exact) mass is 417 g/mol. The van der Waals surface area contributed by atoms with Crippen LogP contribution in [0.2, 0.25) is 0 Å². The van der Waals surface area contributed by atoms with Gasteiger partial charge >= 0.3 is 5.13 Å². The van der Waals surface area contributed by atoms with E-state index in [2.05, 4.69) is 50.9 Å². The second kappa shape index (κ2) is 10.5. The molecule has 0 aliphatic carbocycles. The summed E-state index contributed by atoms with van der Waals surface area (Å²) in [4.78, 5) is 2.31. The fourth-order valence-electron chi connectivity index (χ4n) is 2.87. The lowest BCUT2D eigenvalue weighted by molar-refractivity contribution is -0.627. The van der Waals surface area contributed by atoms with Crippen LogP contribution in [0.4, 0.5) is 16.5 Å². The van der Waals surface area contributed by atoms with Gasteiger partial charge in [0.25, 0.3) is 0 Å². The van der Waals surface area contributed by atoms with Gasteiger partial charge in [-0.3, -0.25) is 8.37 Å². The highest BCUT2D eigenvalue weighted by atomic mass is 32.2. The zero-order valence-electron chi connectivity index (χ0n) is 16.4. The minimum atomic E-state index is 0.660. The van der Waals surface area contributed by atoms with E-state index in [1.165, 1.54) is 15.9 Å². The van der Waals surface area contributed by atoms with Crippen molar-refractivity contribution in [3.8, 4) is 0 Å². The number of hydrogen-bond donors (Lipinski definition) is 0. The van der Waals surface area contributed by atoms with Crippen molar-refractivity contribution >= 4 is 50.4 Å². The van der Waals surface area contributed by atoms with Crippen molar-refractivity contribution in [3.63, 3.8) is 0 Å². The second-order valence-corrected chi connectivity index (χ2v) is 7.83. The molecule has 148 valence electrons. The number of anilines is 1.